The first kappa shape index (κ1) is 13.3. The highest BCUT2D eigenvalue weighted by molar-refractivity contribution is 5.95. The van der Waals surface area contributed by atoms with Crippen molar-refractivity contribution in [3.8, 4) is 0 Å². The maximum absolute atomic E-state index is 12.1. The molecule has 3 nitrogen and oxygen atoms in total. The Morgan fingerprint density at radius 2 is 1.74 bits per heavy atom. The standard InChI is InChI=1S/C16H17NO2/c1-12(14-5-3-2-4-6-14)16(19)17-15-9-7-13(11-18)8-10-15/h2-10,12,18H,11H2,1H3,(H,17,19). The van der Waals surface area contributed by atoms with Crippen LogP contribution in [0, 0.1) is 0 Å². The predicted octanol–water partition coefficient (Wildman–Crippen LogP) is 2.92. The second-order valence-corrected chi connectivity index (χ2v) is 4.48. The van der Waals surface area contributed by atoms with Crippen molar-refractivity contribution in [1.29, 1.82) is 0 Å². The van der Waals surface area contributed by atoms with Crippen LogP contribution in [0.1, 0.15) is 24.0 Å². The monoisotopic (exact) mass is 255 g/mol. The molecule has 98 valence electrons. The molecule has 0 heterocycles. The average Bonchev–Trinajstić information content (AvgIpc) is 2.48. The predicted molar refractivity (Wildman–Crippen MR) is 75.9 cm³/mol. The van der Waals surface area contributed by atoms with Crippen molar-refractivity contribution in [2.24, 2.45) is 0 Å². The Morgan fingerprint density at radius 3 is 2.32 bits per heavy atom. The number of hydrogen-bond donors (Lipinski definition) is 2. The van der Waals surface area contributed by atoms with Gasteiger partial charge in [0.1, 0.15) is 0 Å². The van der Waals surface area contributed by atoms with E-state index >= 15 is 0 Å². The lowest BCUT2D eigenvalue weighted by Crippen LogP contribution is -2.18. The van der Waals surface area contributed by atoms with Gasteiger partial charge in [-0.25, -0.2) is 0 Å². The topological polar surface area (TPSA) is 49.3 Å². The molecule has 0 spiro atoms. The average molecular weight is 255 g/mol. The van der Waals surface area contributed by atoms with Crippen molar-refractivity contribution in [3.05, 3.63) is 65.7 Å². The van der Waals surface area contributed by atoms with Gasteiger partial charge in [0, 0.05) is 5.69 Å². The lowest BCUT2D eigenvalue weighted by Gasteiger charge is -2.12. The molecular formula is C16H17NO2. The molecule has 0 bridgehead atoms. The number of rotatable bonds is 4. The van der Waals surface area contributed by atoms with Crippen LogP contribution in [0.3, 0.4) is 0 Å². The third-order valence-electron chi connectivity index (χ3n) is 3.10. The van der Waals surface area contributed by atoms with Gasteiger partial charge in [-0.1, -0.05) is 42.5 Å². The Morgan fingerprint density at radius 1 is 1.11 bits per heavy atom. The van der Waals surface area contributed by atoms with E-state index < -0.39 is 0 Å². The molecule has 0 aliphatic rings. The third-order valence-corrected chi connectivity index (χ3v) is 3.10. The number of carbonyl (C=O) groups excluding carboxylic acids is 1. The molecular weight excluding hydrogens is 238 g/mol. The largest absolute Gasteiger partial charge is 0.392 e. The van der Waals surface area contributed by atoms with Gasteiger partial charge in [0.25, 0.3) is 0 Å². The molecule has 1 unspecified atom stereocenters. The van der Waals surface area contributed by atoms with Crippen LogP contribution in [0.15, 0.2) is 54.6 Å². The summed E-state index contributed by atoms with van der Waals surface area (Å²) in [4.78, 5) is 12.1. The van der Waals surface area contributed by atoms with Crippen LogP contribution >= 0.6 is 0 Å². The Balaban J connectivity index is 2.04. The van der Waals surface area contributed by atoms with Gasteiger partial charge in [-0.05, 0) is 30.2 Å². The highest BCUT2D eigenvalue weighted by atomic mass is 16.3. The summed E-state index contributed by atoms with van der Waals surface area (Å²) in [6.07, 6.45) is 0. The van der Waals surface area contributed by atoms with E-state index in [-0.39, 0.29) is 18.4 Å². The molecule has 19 heavy (non-hydrogen) atoms. The van der Waals surface area contributed by atoms with E-state index in [9.17, 15) is 4.79 Å². The highest BCUT2D eigenvalue weighted by Gasteiger charge is 2.14. The van der Waals surface area contributed by atoms with E-state index in [4.69, 9.17) is 5.11 Å². The number of nitrogens with one attached hydrogen (secondary N) is 1. The van der Waals surface area contributed by atoms with E-state index in [1.54, 1.807) is 24.3 Å². The molecule has 2 aromatic carbocycles. The molecule has 0 aliphatic carbocycles. The molecule has 0 aliphatic heterocycles. The Bertz CT molecular complexity index is 534. The van der Waals surface area contributed by atoms with Gasteiger partial charge < -0.3 is 10.4 Å². The van der Waals surface area contributed by atoms with Crippen molar-refractivity contribution >= 4 is 11.6 Å². The van der Waals surface area contributed by atoms with Gasteiger partial charge in [0.15, 0.2) is 0 Å². The van der Waals surface area contributed by atoms with E-state index in [2.05, 4.69) is 5.32 Å². The number of anilines is 1. The number of carbonyl (C=O) groups is 1. The fourth-order valence-electron chi connectivity index (χ4n) is 1.84. The quantitative estimate of drug-likeness (QED) is 0.882. The van der Waals surface area contributed by atoms with Crippen molar-refractivity contribution in [2.45, 2.75) is 19.4 Å². The zero-order valence-electron chi connectivity index (χ0n) is 10.8. The Labute approximate surface area is 112 Å². The maximum atomic E-state index is 12.1. The SMILES string of the molecule is CC(C(=O)Nc1ccc(CO)cc1)c1ccccc1. The minimum absolute atomic E-state index is 0.00858. The molecule has 2 aromatic rings. The number of amides is 1. The fourth-order valence-corrected chi connectivity index (χ4v) is 1.84. The second-order valence-electron chi connectivity index (χ2n) is 4.48. The zero-order valence-corrected chi connectivity index (χ0v) is 10.8. The van der Waals surface area contributed by atoms with Crippen LogP contribution in [-0.4, -0.2) is 11.0 Å². The van der Waals surface area contributed by atoms with Crippen molar-refractivity contribution in [3.63, 3.8) is 0 Å². The van der Waals surface area contributed by atoms with Crippen LogP contribution in [0.4, 0.5) is 5.69 Å². The van der Waals surface area contributed by atoms with E-state index in [0.717, 1.165) is 16.8 Å². The minimum atomic E-state index is -0.196. The van der Waals surface area contributed by atoms with Crippen LogP contribution in [0.5, 0.6) is 0 Å². The first-order valence-corrected chi connectivity index (χ1v) is 6.26. The second kappa shape index (κ2) is 6.16. The molecule has 0 saturated carbocycles. The number of hydrogen-bond acceptors (Lipinski definition) is 2. The molecule has 1 amide bonds. The molecule has 0 radical (unpaired) electrons. The van der Waals surface area contributed by atoms with Gasteiger partial charge in [0.05, 0.1) is 12.5 Å². The maximum Gasteiger partial charge on any atom is 0.231 e. The number of aliphatic hydroxyl groups excluding tert-OH is 1. The molecule has 3 heteroatoms. The van der Waals surface area contributed by atoms with Crippen molar-refractivity contribution in [2.75, 3.05) is 5.32 Å². The normalized spacial score (nSPS) is 11.9. The molecule has 2 N–H and O–H groups in total. The number of aliphatic hydroxyl groups is 1. The van der Waals surface area contributed by atoms with Gasteiger partial charge in [-0.2, -0.15) is 0 Å². The summed E-state index contributed by atoms with van der Waals surface area (Å²) in [5.74, 6) is -0.235. The smallest absolute Gasteiger partial charge is 0.231 e. The first-order chi connectivity index (χ1) is 9.20. The summed E-state index contributed by atoms with van der Waals surface area (Å²) in [6.45, 7) is 1.89. The van der Waals surface area contributed by atoms with Gasteiger partial charge >= 0.3 is 0 Å². The lowest BCUT2D eigenvalue weighted by molar-refractivity contribution is -0.117. The summed E-state index contributed by atoms with van der Waals surface area (Å²) < 4.78 is 0. The van der Waals surface area contributed by atoms with E-state index in [1.807, 2.05) is 37.3 Å². The number of benzene rings is 2. The summed E-state index contributed by atoms with van der Waals surface area (Å²) in [7, 11) is 0. The van der Waals surface area contributed by atoms with Gasteiger partial charge in [-0.3, -0.25) is 4.79 Å². The molecule has 2 rings (SSSR count). The fraction of sp³-hybridized carbons (Fsp3) is 0.188. The first-order valence-electron chi connectivity index (χ1n) is 6.26. The molecule has 0 saturated heterocycles. The van der Waals surface area contributed by atoms with E-state index in [1.165, 1.54) is 0 Å². The summed E-state index contributed by atoms with van der Waals surface area (Å²) in [5.41, 5.74) is 2.56. The summed E-state index contributed by atoms with van der Waals surface area (Å²) in [6, 6.07) is 16.8. The van der Waals surface area contributed by atoms with Crippen molar-refractivity contribution < 1.29 is 9.90 Å². The minimum Gasteiger partial charge on any atom is -0.392 e. The summed E-state index contributed by atoms with van der Waals surface area (Å²) in [5, 5.41) is 11.8. The van der Waals surface area contributed by atoms with E-state index in [0.29, 0.717) is 0 Å². The van der Waals surface area contributed by atoms with Gasteiger partial charge in [0.2, 0.25) is 5.91 Å². The summed E-state index contributed by atoms with van der Waals surface area (Å²) >= 11 is 0. The van der Waals surface area contributed by atoms with Gasteiger partial charge in [-0.15, -0.1) is 0 Å². The molecule has 0 fully saturated rings. The van der Waals surface area contributed by atoms with Crippen LogP contribution < -0.4 is 5.32 Å². The Kier molecular flexibility index (Phi) is 4.31. The van der Waals surface area contributed by atoms with Crippen LogP contribution in [-0.2, 0) is 11.4 Å². The van der Waals surface area contributed by atoms with Crippen LogP contribution in [0.25, 0.3) is 0 Å². The zero-order chi connectivity index (χ0) is 13.7. The highest BCUT2D eigenvalue weighted by Crippen LogP contribution is 2.17. The third kappa shape index (κ3) is 3.42. The van der Waals surface area contributed by atoms with Crippen molar-refractivity contribution in [1.82, 2.24) is 0 Å². The Hall–Kier alpha value is -2.13. The lowest BCUT2D eigenvalue weighted by atomic mass is 10.0. The van der Waals surface area contributed by atoms with Crippen LogP contribution in [0.2, 0.25) is 0 Å². The molecule has 1 atom stereocenters. The molecule has 0 aromatic heterocycles.